The van der Waals surface area contributed by atoms with Crippen molar-refractivity contribution in [1.29, 1.82) is 0 Å². The summed E-state index contributed by atoms with van der Waals surface area (Å²) in [7, 11) is 0. The number of hydrogen-bond acceptors (Lipinski definition) is 4. The zero-order valence-electron chi connectivity index (χ0n) is 11.5. The highest BCUT2D eigenvalue weighted by molar-refractivity contribution is 5.93. The molecule has 0 unspecified atom stereocenters. The van der Waals surface area contributed by atoms with Crippen LogP contribution in [0.15, 0.2) is 30.5 Å². The van der Waals surface area contributed by atoms with Gasteiger partial charge in [-0.1, -0.05) is 18.2 Å². The molecule has 4 nitrogen and oxygen atoms in total. The molecular weight excluding hydrogens is 238 g/mol. The van der Waals surface area contributed by atoms with Crippen LogP contribution in [0.5, 0.6) is 0 Å². The first-order valence-electron chi connectivity index (χ1n) is 6.63. The number of aliphatic hydroxyl groups is 1. The number of rotatable bonds is 5. The SMILES string of the molecule is CC(C)N(CCO)c1c(CN)cnc2ccccc12. The summed E-state index contributed by atoms with van der Waals surface area (Å²) >= 11 is 0. The van der Waals surface area contributed by atoms with Crippen LogP contribution in [-0.4, -0.2) is 29.3 Å². The summed E-state index contributed by atoms with van der Waals surface area (Å²) in [5, 5.41) is 10.4. The molecule has 19 heavy (non-hydrogen) atoms. The number of aromatic nitrogens is 1. The molecule has 0 radical (unpaired) electrons. The van der Waals surface area contributed by atoms with Crippen molar-refractivity contribution < 1.29 is 5.11 Å². The largest absolute Gasteiger partial charge is 0.395 e. The highest BCUT2D eigenvalue weighted by Gasteiger charge is 2.17. The number of pyridine rings is 1. The van der Waals surface area contributed by atoms with Gasteiger partial charge in [0.1, 0.15) is 0 Å². The average molecular weight is 259 g/mol. The Morgan fingerprint density at radius 2 is 2.05 bits per heavy atom. The van der Waals surface area contributed by atoms with E-state index in [1.165, 1.54) is 0 Å². The first-order chi connectivity index (χ1) is 9.19. The van der Waals surface area contributed by atoms with E-state index >= 15 is 0 Å². The van der Waals surface area contributed by atoms with Crippen LogP contribution in [0.1, 0.15) is 19.4 Å². The van der Waals surface area contributed by atoms with Crippen LogP contribution in [0.2, 0.25) is 0 Å². The van der Waals surface area contributed by atoms with E-state index in [0.717, 1.165) is 22.2 Å². The van der Waals surface area contributed by atoms with Crippen LogP contribution in [0.25, 0.3) is 10.9 Å². The number of anilines is 1. The van der Waals surface area contributed by atoms with Crippen molar-refractivity contribution in [1.82, 2.24) is 4.98 Å². The van der Waals surface area contributed by atoms with Gasteiger partial charge >= 0.3 is 0 Å². The molecule has 0 saturated heterocycles. The topological polar surface area (TPSA) is 62.4 Å². The van der Waals surface area contributed by atoms with Gasteiger partial charge in [-0.05, 0) is 19.9 Å². The Kier molecular flexibility index (Phi) is 4.35. The normalized spacial score (nSPS) is 11.2. The van der Waals surface area contributed by atoms with Gasteiger partial charge in [0.2, 0.25) is 0 Å². The van der Waals surface area contributed by atoms with Crippen molar-refractivity contribution in [2.45, 2.75) is 26.4 Å². The van der Waals surface area contributed by atoms with E-state index in [0.29, 0.717) is 19.1 Å². The predicted octanol–water partition coefficient (Wildman–Crippen LogP) is 1.90. The first kappa shape index (κ1) is 13.8. The second-order valence-electron chi connectivity index (χ2n) is 4.86. The van der Waals surface area contributed by atoms with E-state index in [1.54, 1.807) is 0 Å². The summed E-state index contributed by atoms with van der Waals surface area (Å²) in [6.45, 7) is 5.40. The van der Waals surface area contributed by atoms with Crippen LogP contribution in [0.3, 0.4) is 0 Å². The smallest absolute Gasteiger partial charge is 0.0723 e. The molecule has 2 aromatic rings. The summed E-state index contributed by atoms with van der Waals surface area (Å²) < 4.78 is 0. The molecule has 4 heteroatoms. The van der Waals surface area contributed by atoms with Gasteiger partial charge in [-0.2, -0.15) is 0 Å². The monoisotopic (exact) mass is 259 g/mol. The Bertz CT molecular complexity index is 554. The Balaban J connectivity index is 2.66. The molecule has 0 bridgehead atoms. The summed E-state index contributed by atoms with van der Waals surface area (Å²) in [6, 6.07) is 8.33. The van der Waals surface area contributed by atoms with Crippen LogP contribution >= 0.6 is 0 Å². The third-order valence-electron chi connectivity index (χ3n) is 3.29. The molecule has 3 N–H and O–H groups in total. The van der Waals surface area contributed by atoms with Crippen molar-refractivity contribution in [3.05, 3.63) is 36.0 Å². The second kappa shape index (κ2) is 5.99. The van der Waals surface area contributed by atoms with Gasteiger partial charge in [0.25, 0.3) is 0 Å². The number of hydrogen-bond donors (Lipinski definition) is 2. The lowest BCUT2D eigenvalue weighted by Gasteiger charge is -2.31. The van der Waals surface area contributed by atoms with Crippen LogP contribution in [0, 0.1) is 0 Å². The lowest BCUT2D eigenvalue weighted by atomic mass is 10.1. The summed E-state index contributed by atoms with van der Waals surface area (Å²) in [6.07, 6.45) is 1.84. The van der Waals surface area contributed by atoms with E-state index in [-0.39, 0.29) is 6.61 Å². The number of para-hydroxylation sites is 1. The average Bonchev–Trinajstić information content (AvgIpc) is 2.43. The van der Waals surface area contributed by atoms with Gasteiger partial charge < -0.3 is 15.7 Å². The maximum atomic E-state index is 9.29. The summed E-state index contributed by atoms with van der Waals surface area (Å²) in [5.41, 5.74) is 8.91. The fraction of sp³-hybridized carbons (Fsp3) is 0.400. The lowest BCUT2D eigenvalue weighted by Crippen LogP contribution is -2.34. The fourth-order valence-electron chi connectivity index (χ4n) is 2.39. The minimum atomic E-state index is 0.124. The van der Waals surface area contributed by atoms with E-state index in [2.05, 4.69) is 29.8 Å². The molecule has 0 fully saturated rings. The minimum absolute atomic E-state index is 0.124. The number of aliphatic hydroxyl groups excluding tert-OH is 1. The summed E-state index contributed by atoms with van der Waals surface area (Å²) in [5.74, 6) is 0. The molecule has 1 aromatic carbocycles. The molecule has 0 spiro atoms. The van der Waals surface area contributed by atoms with Gasteiger partial charge in [0.15, 0.2) is 0 Å². The van der Waals surface area contributed by atoms with Gasteiger partial charge in [0.05, 0.1) is 17.8 Å². The third-order valence-corrected chi connectivity index (χ3v) is 3.29. The Hall–Kier alpha value is -1.65. The molecule has 1 aromatic heterocycles. The van der Waals surface area contributed by atoms with E-state index in [9.17, 15) is 5.11 Å². The van der Waals surface area contributed by atoms with Crippen LogP contribution < -0.4 is 10.6 Å². The third kappa shape index (κ3) is 2.69. The van der Waals surface area contributed by atoms with Gasteiger partial charge in [-0.25, -0.2) is 0 Å². The van der Waals surface area contributed by atoms with Crippen molar-refractivity contribution in [2.24, 2.45) is 5.73 Å². The number of benzene rings is 1. The van der Waals surface area contributed by atoms with E-state index in [4.69, 9.17) is 5.73 Å². The van der Waals surface area contributed by atoms with Crippen molar-refractivity contribution in [3.8, 4) is 0 Å². The van der Waals surface area contributed by atoms with Crippen LogP contribution in [0.4, 0.5) is 5.69 Å². The lowest BCUT2D eigenvalue weighted by molar-refractivity contribution is 0.299. The van der Waals surface area contributed by atoms with E-state index < -0.39 is 0 Å². The molecule has 1 heterocycles. The highest BCUT2D eigenvalue weighted by Crippen LogP contribution is 2.30. The maximum absolute atomic E-state index is 9.29. The second-order valence-corrected chi connectivity index (χ2v) is 4.86. The molecular formula is C15H21N3O. The molecule has 0 aliphatic heterocycles. The minimum Gasteiger partial charge on any atom is -0.395 e. The quantitative estimate of drug-likeness (QED) is 0.861. The van der Waals surface area contributed by atoms with E-state index in [1.807, 2.05) is 24.4 Å². The van der Waals surface area contributed by atoms with Crippen molar-refractivity contribution >= 4 is 16.6 Å². The molecule has 2 rings (SSSR count). The standard InChI is InChI=1S/C15H21N3O/c1-11(2)18(7-8-19)15-12(9-16)10-17-14-6-4-3-5-13(14)15/h3-6,10-11,19H,7-9,16H2,1-2H3. The Labute approximate surface area is 113 Å². The van der Waals surface area contributed by atoms with Crippen LogP contribution in [-0.2, 0) is 6.54 Å². The van der Waals surface area contributed by atoms with Crippen molar-refractivity contribution in [3.63, 3.8) is 0 Å². The molecule has 102 valence electrons. The molecule has 0 atom stereocenters. The first-order valence-corrected chi connectivity index (χ1v) is 6.63. The zero-order valence-corrected chi connectivity index (χ0v) is 11.5. The van der Waals surface area contributed by atoms with Gasteiger partial charge in [-0.15, -0.1) is 0 Å². The number of nitrogens with zero attached hydrogens (tertiary/aromatic N) is 2. The molecule has 0 saturated carbocycles. The van der Waals surface area contributed by atoms with Gasteiger partial charge in [-0.3, -0.25) is 4.98 Å². The highest BCUT2D eigenvalue weighted by atomic mass is 16.3. The fourth-order valence-corrected chi connectivity index (χ4v) is 2.39. The maximum Gasteiger partial charge on any atom is 0.0723 e. The zero-order chi connectivity index (χ0) is 13.8. The van der Waals surface area contributed by atoms with Gasteiger partial charge in [0, 0.05) is 36.3 Å². The molecule has 0 aliphatic rings. The molecule has 0 amide bonds. The Morgan fingerprint density at radius 1 is 1.32 bits per heavy atom. The Morgan fingerprint density at radius 3 is 2.68 bits per heavy atom. The number of fused-ring (bicyclic) bond motifs is 1. The number of nitrogens with two attached hydrogens (primary N) is 1. The predicted molar refractivity (Wildman–Crippen MR) is 79.2 cm³/mol. The molecule has 0 aliphatic carbocycles. The van der Waals surface area contributed by atoms with Crippen molar-refractivity contribution in [2.75, 3.05) is 18.1 Å². The summed E-state index contributed by atoms with van der Waals surface area (Å²) in [4.78, 5) is 6.63.